The number of nitrogens with one attached hydrogen (secondary N) is 2. The first-order valence-corrected chi connectivity index (χ1v) is 8.13. The average molecular weight is 341 g/mol. The summed E-state index contributed by atoms with van der Waals surface area (Å²) >= 11 is 0. The van der Waals surface area contributed by atoms with Gasteiger partial charge in [0.25, 0.3) is 5.91 Å². The largest absolute Gasteiger partial charge is 0.483 e. The number of benzene rings is 2. The fourth-order valence-electron chi connectivity index (χ4n) is 2.55. The van der Waals surface area contributed by atoms with Gasteiger partial charge in [-0.3, -0.25) is 4.79 Å². The van der Waals surface area contributed by atoms with Crippen LogP contribution in [0.5, 0.6) is 5.75 Å². The summed E-state index contributed by atoms with van der Waals surface area (Å²) in [5, 5.41) is 2.79. The molecule has 0 radical (unpaired) electrons. The number of carbonyl (C=O) groups excluding carboxylic acids is 1. The molecule has 1 aromatic heterocycles. The summed E-state index contributed by atoms with van der Waals surface area (Å²) in [5.41, 5.74) is 3.52. The van der Waals surface area contributed by atoms with Crippen LogP contribution in [0.2, 0.25) is 0 Å². The second kappa shape index (κ2) is 7.34. The van der Waals surface area contributed by atoms with Crippen molar-refractivity contribution in [2.24, 2.45) is 0 Å². The Labute approximate surface area is 145 Å². The molecule has 0 fully saturated rings. The van der Waals surface area contributed by atoms with Crippen LogP contribution < -0.4 is 10.1 Å². The van der Waals surface area contributed by atoms with Crippen LogP contribution in [-0.4, -0.2) is 29.0 Å². The second-order valence-corrected chi connectivity index (χ2v) is 5.93. The van der Waals surface area contributed by atoms with Gasteiger partial charge in [-0.05, 0) is 49.2 Å². The first-order valence-electron chi connectivity index (χ1n) is 8.13. The summed E-state index contributed by atoms with van der Waals surface area (Å²) in [6.07, 6.45) is 0.533. The van der Waals surface area contributed by atoms with E-state index in [9.17, 15) is 9.18 Å². The van der Waals surface area contributed by atoms with Gasteiger partial charge in [0, 0.05) is 13.0 Å². The predicted molar refractivity (Wildman–Crippen MR) is 94.2 cm³/mol. The molecule has 0 aliphatic rings. The molecule has 0 unspecified atom stereocenters. The Balaban J connectivity index is 1.48. The lowest BCUT2D eigenvalue weighted by Gasteiger charge is -2.10. The molecule has 130 valence electrons. The number of amides is 1. The lowest BCUT2D eigenvalue weighted by molar-refractivity contribution is -0.123. The van der Waals surface area contributed by atoms with Crippen molar-refractivity contribution in [3.05, 3.63) is 59.2 Å². The first kappa shape index (κ1) is 17.0. The van der Waals surface area contributed by atoms with Crippen molar-refractivity contribution in [2.45, 2.75) is 20.3 Å². The van der Waals surface area contributed by atoms with E-state index in [4.69, 9.17) is 4.74 Å². The van der Waals surface area contributed by atoms with Gasteiger partial charge in [0.2, 0.25) is 0 Å². The van der Waals surface area contributed by atoms with E-state index >= 15 is 0 Å². The molecule has 25 heavy (non-hydrogen) atoms. The third-order valence-corrected chi connectivity index (χ3v) is 4.09. The Morgan fingerprint density at radius 3 is 2.96 bits per heavy atom. The number of hydrogen-bond donors (Lipinski definition) is 2. The highest BCUT2D eigenvalue weighted by Crippen LogP contribution is 2.20. The average Bonchev–Trinajstić information content (AvgIpc) is 2.98. The number of aromatic nitrogens is 2. The molecule has 2 N–H and O–H groups in total. The smallest absolute Gasteiger partial charge is 0.257 e. The molecule has 1 amide bonds. The van der Waals surface area contributed by atoms with E-state index in [2.05, 4.69) is 15.3 Å². The third kappa shape index (κ3) is 4.15. The van der Waals surface area contributed by atoms with E-state index in [0.29, 0.717) is 29.8 Å². The molecule has 3 rings (SSSR count). The molecule has 6 heteroatoms. The lowest BCUT2D eigenvalue weighted by atomic mass is 10.1. The number of halogens is 1. The number of aryl methyl sites for hydroxylation is 1. The maximum atomic E-state index is 13.2. The van der Waals surface area contributed by atoms with Gasteiger partial charge in [0.15, 0.2) is 6.61 Å². The highest BCUT2D eigenvalue weighted by molar-refractivity contribution is 5.77. The summed E-state index contributed by atoms with van der Waals surface area (Å²) in [6.45, 7) is 4.36. The lowest BCUT2D eigenvalue weighted by Crippen LogP contribution is -2.30. The maximum Gasteiger partial charge on any atom is 0.257 e. The van der Waals surface area contributed by atoms with Crippen molar-refractivity contribution in [3.63, 3.8) is 0 Å². The minimum Gasteiger partial charge on any atom is -0.483 e. The van der Waals surface area contributed by atoms with Crippen molar-refractivity contribution in [2.75, 3.05) is 13.2 Å². The van der Waals surface area contributed by atoms with Crippen LogP contribution in [0.1, 0.15) is 17.0 Å². The predicted octanol–water partition coefficient (Wildman–Crippen LogP) is 3.06. The first-order chi connectivity index (χ1) is 12.0. The van der Waals surface area contributed by atoms with Crippen molar-refractivity contribution in [3.8, 4) is 5.75 Å². The summed E-state index contributed by atoms with van der Waals surface area (Å²) < 4.78 is 18.7. The number of imidazole rings is 1. The van der Waals surface area contributed by atoms with Crippen molar-refractivity contribution >= 4 is 16.9 Å². The van der Waals surface area contributed by atoms with Crippen molar-refractivity contribution in [1.29, 1.82) is 0 Å². The van der Waals surface area contributed by atoms with Crippen LogP contribution >= 0.6 is 0 Å². The zero-order chi connectivity index (χ0) is 17.8. The van der Waals surface area contributed by atoms with Crippen LogP contribution in [0.3, 0.4) is 0 Å². The van der Waals surface area contributed by atoms with Gasteiger partial charge in [-0.1, -0.05) is 12.1 Å². The summed E-state index contributed by atoms with van der Waals surface area (Å²) in [6, 6.07) is 10.2. The summed E-state index contributed by atoms with van der Waals surface area (Å²) in [5.74, 6) is 0.925. The van der Waals surface area contributed by atoms with E-state index in [1.54, 1.807) is 6.07 Å². The van der Waals surface area contributed by atoms with Crippen LogP contribution in [-0.2, 0) is 11.2 Å². The normalized spacial score (nSPS) is 10.8. The number of ether oxygens (including phenoxy) is 1. The molecule has 0 aliphatic carbocycles. The molecule has 0 bridgehead atoms. The molecule has 0 spiro atoms. The highest BCUT2D eigenvalue weighted by Gasteiger charge is 2.07. The molecule has 1 heterocycles. The molecule has 5 nitrogen and oxygen atoms in total. The number of nitrogens with zero attached hydrogens (tertiary/aromatic N) is 1. The molecule has 0 atom stereocenters. The zero-order valence-corrected chi connectivity index (χ0v) is 14.2. The van der Waals surface area contributed by atoms with Gasteiger partial charge >= 0.3 is 0 Å². The fraction of sp³-hybridized carbons (Fsp3) is 0.263. The van der Waals surface area contributed by atoms with E-state index in [1.165, 1.54) is 12.1 Å². The Bertz CT molecular complexity index is 905. The number of fused-ring (bicyclic) bond motifs is 1. The molecule has 0 aliphatic heterocycles. The molecule has 2 aromatic carbocycles. The van der Waals surface area contributed by atoms with E-state index in [1.807, 2.05) is 32.0 Å². The minimum absolute atomic E-state index is 0.0321. The number of aromatic amines is 1. The van der Waals surface area contributed by atoms with Gasteiger partial charge in [-0.2, -0.15) is 0 Å². The van der Waals surface area contributed by atoms with Crippen molar-refractivity contribution < 1.29 is 13.9 Å². The van der Waals surface area contributed by atoms with Crippen molar-refractivity contribution in [1.82, 2.24) is 15.3 Å². The second-order valence-electron chi connectivity index (χ2n) is 5.93. The van der Waals surface area contributed by atoms with Gasteiger partial charge in [0.1, 0.15) is 17.4 Å². The van der Waals surface area contributed by atoms with Gasteiger partial charge in [-0.15, -0.1) is 0 Å². The Morgan fingerprint density at radius 1 is 1.28 bits per heavy atom. The molecule has 0 saturated carbocycles. The van der Waals surface area contributed by atoms with Gasteiger partial charge in [-0.25, -0.2) is 9.37 Å². The SMILES string of the molecule is Cc1cccc(OCC(=O)NCCc2nc3ccc(F)cc3[nH]2)c1C. The number of rotatable bonds is 6. The Morgan fingerprint density at radius 2 is 2.12 bits per heavy atom. The Kier molecular flexibility index (Phi) is 4.97. The zero-order valence-electron chi connectivity index (χ0n) is 14.2. The van der Waals surface area contributed by atoms with Gasteiger partial charge < -0.3 is 15.0 Å². The maximum absolute atomic E-state index is 13.2. The summed E-state index contributed by atoms with van der Waals surface area (Å²) in [7, 11) is 0. The van der Waals surface area contributed by atoms with Gasteiger partial charge in [0.05, 0.1) is 11.0 Å². The van der Waals surface area contributed by atoms with Crippen LogP contribution in [0.4, 0.5) is 4.39 Å². The molecular weight excluding hydrogens is 321 g/mol. The fourth-order valence-corrected chi connectivity index (χ4v) is 2.55. The molecular formula is C19H20FN3O2. The molecule has 3 aromatic rings. The van der Waals surface area contributed by atoms with Crippen LogP contribution in [0.15, 0.2) is 36.4 Å². The Hall–Kier alpha value is -2.89. The highest BCUT2D eigenvalue weighted by atomic mass is 19.1. The quantitative estimate of drug-likeness (QED) is 0.724. The number of carbonyl (C=O) groups is 1. The van der Waals surface area contributed by atoms with E-state index in [0.717, 1.165) is 16.9 Å². The number of hydrogen-bond acceptors (Lipinski definition) is 3. The minimum atomic E-state index is -0.306. The van der Waals surface area contributed by atoms with Crippen LogP contribution in [0, 0.1) is 19.7 Å². The monoisotopic (exact) mass is 341 g/mol. The molecule has 0 saturated heterocycles. The van der Waals surface area contributed by atoms with Crippen LogP contribution in [0.25, 0.3) is 11.0 Å². The standard InChI is InChI=1S/C19H20FN3O2/c1-12-4-3-5-17(13(12)2)25-11-19(24)21-9-8-18-22-15-7-6-14(20)10-16(15)23-18/h3-7,10H,8-9,11H2,1-2H3,(H,21,24)(H,22,23). The van der Waals surface area contributed by atoms with E-state index < -0.39 is 0 Å². The number of H-pyrrole nitrogens is 1. The summed E-state index contributed by atoms with van der Waals surface area (Å²) in [4.78, 5) is 19.3. The topological polar surface area (TPSA) is 67.0 Å². The third-order valence-electron chi connectivity index (χ3n) is 4.09. The van der Waals surface area contributed by atoms with E-state index in [-0.39, 0.29) is 18.3 Å².